The summed E-state index contributed by atoms with van der Waals surface area (Å²) in [7, 11) is 0. The van der Waals surface area contributed by atoms with Gasteiger partial charge in [0.1, 0.15) is 5.82 Å². The van der Waals surface area contributed by atoms with Crippen LogP contribution in [0.15, 0.2) is 18.2 Å². The van der Waals surface area contributed by atoms with Crippen molar-refractivity contribution in [2.75, 3.05) is 6.54 Å². The molecule has 2 rings (SSSR count). The van der Waals surface area contributed by atoms with Gasteiger partial charge >= 0.3 is 0 Å². The molecule has 4 heteroatoms. The summed E-state index contributed by atoms with van der Waals surface area (Å²) in [5, 5.41) is 3.94. The van der Waals surface area contributed by atoms with Crippen LogP contribution in [0.5, 0.6) is 0 Å². The summed E-state index contributed by atoms with van der Waals surface area (Å²) < 4.78 is 19.9. The molecule has 1 aliphatic heterocycles. The zero-order chi connectivity index (χ0) is 14.5. The zero-order valence-corrected chi connectivity index (χ0v) is 12.9. The summed E-state index contributed by atoms with van der Waals surface area (Å²) in [4.78, 5) is 0. The zero-order valence-electron chi connectivity index (χ0n) is 12.2. The summed E-state index contributed by atoms with van der Waals surface area (Å²) in [6.45, 7) is 5.15. The van der Waals surface area contributed by atoms with E-state index in [0.29, 0.717) is 23.1 Å². The average Bonchev–Trinajstić information content (AvgIpc) is 2.83. The Morgan fingerprint density at radius 1 is 1.45 bits per heavy atom. The molecule has 0 spiro atoms. The highest BCUT2D eigenvalue weighted by Gasteiger charge is 2.29. The Hall–Kier alpha value is -0.640. The van der Waals surface area contributed by atoms with Crippen LogP contribution in [0.1, 0.15) is 38.7 Å². The average molecular weight is 300 g/mol. The van der Waals surface area contributed by atoms with Gasteiger partial charge in [-0.2, -0.15) is 0 Å². The van der Waals surface area contributed by atoms with Crippen molar-refractivity contribution in [1.82, 2.24) is 5.32 Å². The fourth-order valence-electron chi connectivity index (χ4n) is 2.72. The third-order valence-corrected chi connectivity index (χ3v) is 4.06. The second-order valence-electron chi connectivity index (χ2n) is 5.56. The number of benzene rings is 1. The first kappa shape index (κ1) is 15.7. The smallest absolute Gasteiger partial charge is 0.127 e. The van der Waals surface area contributed by atoms with E-state index < -0.39 is 0 Å². The lowest BCUT2D eigenvalue weighted by molar-refractivity contribution is 0.0319. The molecule has 1 aromatic carbocycles. The minimum absolute atomic E-state index is 0.163. The fraction of sp³-hybridized carbons (Fsp3) is 0.625. The molecular weight excluding hydrogens is 277 g/mol. The molecule has 0 saturated carbocycles. The molecule has 20 heavy (non-hydrogen) atoms. The molecule has 0 aliphatic carbocycles. The van der Waals surface area contributed by atoms with E-state index in [-0.39, 0.29) is 18.0 Å². The predicted octanol–water partition coefficient (Wildman–Crippen LogP) is 3.96. The first-order chi connectivity index (χ1) is 9.60. The van der Waals surface area contributed by atoms with Crippen LogP contribution >= 0.6 is 11.6 Å². The molecule has 1 fully saturated rings. The monoisotopic (exact) mass is 299 g/mol. The maximum atomic E-state index is 13.9. The standard InChI is InChI=1S/C16H23ClFNO/c1-3-8-19-15(16-7-4-11(2)20-16)9-12-5-6-13(17)10-14(12)18/h5-6,10-11,15-16,19H,3-4,7-9H2,1-2H3. The molecule has 0 bridgehead atoms. The van der Waals surface area contributed by atoms with Crippen LogP contribution in [0, 0.1) is 5.82 Å². The van der Waals surface area contributed by atoms with Gasteiger partial charge in [-0.1, -0.05) is 24.6 Å². The second-order valence-corrected chi connectivity index (χ2v) is 6.00. The normalized spacial score (nSPS) is 24.0. The Bertz CT molecular complexity index is 440. The molecule has 1 heterocycles. The molecule has 0 aromatic heterocycles. The van der Waals surface area contributed by atoms with Crippen molar-refractivity contribution in [2.45, 2.75) is 57.8 Å². The van der Waals surface area contributed by atoms with Crippen LogP contribution < -0.4 is 5.32 Å². The lowest BCUT2D eigenvalue weighted by Gasteiger charge is -2.25. The molecule has 1 saturated heterocycles. The summed E-state index contributed by atoms with van der Waals surface area (Å²) in [6, 6.07) is 5.06. The maximum Gasteiger partial charge on any atom is 0.127 e. The lowest BCUT2D eigenvalue weighted by atomic mass is 9.98. The highest BCUT2D eigenvalue weighted by Crippen LogP contribution is 2.25. The molecule has 112 valence electrons. The Labute approximate surface area is 125 Å². The highest BCUT2D eigenvalue weighted by molar-refractivity contribution is 6.30. The van der Waals surface area contributed by atoms with Crippen molar-refractivity contribution in [3.8, 4) is 0 Å². The summed E-state index contributed by atoms with van der Waals surface area (Å²) in [5.74, 6) is -0.230. The lowest BCUT2D eigenvalue weighted by Crippen LogP contribution is -2.42. The van der Waals surface area contributed by atoms with Gasteiger partial charge in [0.2, 0.25) is 0 Å². The van der Waals surface area contributed by atoms with E-state index >= 15 is 0 Å². The van der Waals surface area contributed by atoms with Crippen molar-refractivity contribution in [2.24, 2.45) is 0 Å². The van der Waals surface area contributed by atoms with Crippen LogP contribution in [0.2, 0.25) is 5.02 Å². The third-order valence-electron chi connectivity index (χ3n) is 3.83. The number of halogens is 2. The number of hydrogen-bond donors (Lipinski definition) is 1. The van der Waals surface area contributed by atoms with Gasteiger partial charge in [0, 0.05) is 11.1 Å². The molecular formula is C16H23ClFNO. The third kappa shape index (κ3) is 4.18. The molecule has 3 atom stereocenters. The van der Waals surface area contributed by atoms with E-state index in [0.717, 1.165) is 25.8 Å². The minimum atomic E-state index is -0.230. The molecule has 3 unspecified atom stereocenters. The van der Waals surface area contributed by atoms with Crippen molar-refractivity contribution in [3.05, 3.63) is 34.6 Å². The molecule has 0 amide bonds. The molecule has 0 radical (unpaired) electrons. The van der Waals surface area contributed by atoms with Gasteiger partial charge in [-0.3, -0.25) is 0 Å². The van der Waals surface area contributed by atoms with Crippen LogP contribution in [0.25, 0.3) is 0 Å². The maximum absolute atomic E-state index is 13.9. The summed E-state index contributed by atoms with van der Waals surface area (Å²) in [5.41, 5.74) is 0.700. The Balaban J connectivity index is 2.06. The van der Waals surface area contributed by atoms with E-state index in [4.69, 9.17) is 16.3 Å². The first-order valence-corrected chi connectivity index (χ1v) is 7.80. The Morgan fingerprint density at radius 3 is 2.85 bits per heavy atom. The van der Waals surface area contributed by atoms with Crippen LogP contribution in [-0.2, 0) is 11.2 Å². The quantitative estimate of drug-likeness (QED) is 0.858. The van der Waals surface area contributed by atoms with Gasteiger partial charge in [-0.25, -0.2) is 4.39 Å². The topological polar surface area (TPSA) is 21.3 Å². The predicted molar refractivity (Wildman–Crippen MR) is 80.8 cm³/mol. The van der Waals surface area contributed by atoms with Crippen LogP contribution in [-0.4, -0.2) is 24.8 Å². The minimum Gasteiger partial charge on any atom is -0.374 e. The number of hydrogen-bond acceptors (Lipinski definition) is 2. The van der Waals surface area contributed by atoms with Crippen molar-refractivity contribution < 1.29 is 9.13 Å². The van der Waals surface area contributed by atoms with Gasteiger partial charge < -0.3 is 10.1 Å². The van der Waals surface area contributed by atoms with E-state index in [1.165, 1.54) is 6.07 Å². The highest BCUT2D eigenvalue weighted by atomic mass is 35.5. The largest absolute Gasteiger partial charge is 0.374 e. The number of nitrogens with one attached hydrogen (secondary N) is 1. The first-order valence-electron chi connectivity index (χ1n) is 7.43. The van der Waals surface area contributed by atoms with Crippen LogP contribution in [0.4, 0.5) is 4.39 Å². The van der Waals surface area contributed by atoms with Gasteiger partial charge in [-0.15, -0.1) is 0 Å². The Morgan fingerprint density at radius 2 is 2.25 bits per heavy atom. The summed E-state index contributed by atoms with van der Waals surface area (Å²) >= 11 is 5.80. The number of ether oxygens (including phenoxy) is 1. The SMILES string of the molecule is CCCNC(Cc1ccc(Cl)cc1F)C1CCC(C)O1. The summed E-state index contributed by atoms with van der Waals surface area (Å²) in [6.07, 6.45) is 4.30. The van der Waals surface area contributed by atoms with E-state index in [2.05, 4.69) is 19.2 Å². The van der Waals surface area contributed by atoms with E-state index in [1.807, 2.05) is 0 Å². The fourth-order valence-corrected chi connectivity index (χ4v) is 2.88. The molecule has 1 aliphatic rings. The van der Waals surface area contributed by atoms with Crippen molar-refractivity contribution >= 4 is 11.6 Å². The van der Waals surface area contributed by atoms with E-state index in [1.54, 1.807) is 12.1 Å². The molecule has 1 aromatic rings. The van der Waals surface area contributed by atoms with Gasteiger partial charge in [-0.05, 0) is 56.8 Å². The van der Waals surface area contributed by atoms with E-state index in [9.17, 15) is 4.39 Å². The van der Waals surface area contributed by atoms with Gasteiger partial charge in [0.05, 0.1) is 12.2 Å². The van der Waals surface area contributed by atoms with Crippen molar-refractivity contribution in [3.63, 3.8) is 0 Å². The second kappa shape index (κ2) is 7.39. The van der Waals surface area contributed by atoms with Gasteiger partial charge in [0.15, 0.2) is 0 Å². The van der Waals surface area contributed by atoms with Crippen molar-refractivity contribution in [1.29, 1.82) is 0 Å². The number of rotatable bonds is 6. The van der Waals surface area contributed by atoms with Crippen LogP contribution in [0.3, 0.4) is 0 Å². The molecule has 2 nitrogen and oxygen atoms in total. The Kier molecular flexibility index (Phi) is 5.82. The van der Waals surface area contributed by atoms with Gasteiger partial charge in [0.25, 0.3) is 0 Å². The molecule has 1 N–H and O–H groups in total.